The molecular weight excluding hydrogens is 404 g/mol. The largest absolute Gasteiger partial charge is 0.440 e. The summed E-state index contributed by atoms with van der Waals surface area (Å²) in [6.07, 6.45) is 2.63. The van der Waals surface area contributed by atoms with E-state index in [1.54, 1.807) is 6.07 Å². The Labute approximate surface area is 157 Å². The smallest absolute Gasteiger partial charge is 0.251 e. The summed E-state index contributed by atoms with van der Waals surface area (Å²) in [5, 5.41) is 3.84. The minimum atomic E-state index is -0.113. The third-order valence-electron chi connectivity index (χ3n) is 5.30. The van der Waals surface area contributed by atoms with E-state index < -0.39 is 0 Å². The molecule has 3 aromatic rings. The van der Waals surface area contributed by atoms with E-state index in [1.165, 1.54) is 0 Å². The predicted molar refractivity (Wildman–Crippen MR) is 98.9 cm³/mol. The highest BCUT2D eigenvalue weighted by Gasteiger charge is 2.71. The number of hydrogen-bond donors (Lipinski definition) is 1. The molecule has 3 aliphatic carbocycles. The molecule has 25 heavy (non-hydrogen) atoms. The van der Waals surface area contributed by atoms with Gasteiger partial charge in [-0.05, 0) is 55.7 Å². The maximum Gasteiger partial charge on any atom is 0.251 e. The summed E-state index contributed by atoms with van der Waals surface area (Å²) in [5.41, 5.74) is 2.08. The van der Waals surface area contributed by atoms with Crippen molar-refractivity contribution < 1.29 is 9.21 Å². The molecule has 1 aromatic heterocycles. The molecule has 3 saturated carbocycles. The molecule has 2 aromatic carbocycles. The molecule has 0 aliphatic heterocycles. The van der Waals surface area contributed by atoms with Gasteiger partial charge in [0.15, 0.2) is 5.58 Å². The molecule has 1 amide bonds. The maximum absolute atomic E-state index is 12.5. The first-order chi connectivity index (χ1) is 12.0. The fourth-order valence-corrected chi connectivity index (χ4v) is 4.78. The third-order valence-corrected chi connectivity index (χ3v) is 6.03. The number of fused-ring (bicyclic) bond motifs is 1. The van der Waals surface area contributed by atoms with Crippen molar-refractivity contribution in [3.05, 3.63) is 63.4 Å². The van der Waals surface area contributed by atoms with Gasteiger partial charge in [0.05, 0.1) is 5.41 Å². The minimum absolute atomic E-state index is 0.0288. The Balaban J connectivity index is 1.32. The summed E-state index contributed by atoms with van der Waals surface area (Å²) in [5.74, 6) is 0.738. The molecule has 6 rings (SSSR count). The van der Waals surface area contributed by atoms with Crippen LogP contribution in [-0.2, 0) is 5.41 Å². The van der Waals surface area contributed by atoms with Gasteiger partial charge in [-0.25, -0.2) is 4.98 Å². The van der Waals surface area contributed by atoms with Crippen molar-refractivity contribution in [3.8, 4) is 0 Å². The van der Waals surface area contributed by atoms with Gasteiger partial charge in [-0.15, -0.1) is 0 Å². The zero-order valence-electron chi connectivity index (χ0n) is 13.2. The average molecular weight is 418 g/mol. The maximum atomic E-state index is 12.5. The Kier molecular flexibility index (Phi) is 3.13. The van der Waals surface area contributed by atoms with Gasteiger partial charge in [-0.1, -0.05) is 33.6 Å². The number of nitrogens with one attached hydrogen (secondary N) is 1. The topological polar surface area (TPSA) is 55.1 Å². The predicted octanol–water partition coefficient (Wildman–Crippen LogP) is 4.85. The van der Waals surface area contributed by atoms with Crippen LogP contribution in [-0.4, -0.2) is 16.4 Å². The molecule has 0 radical (unpaired) electrons. The Hall–Kier alpha value is -1.85. The number of oxazole rings is 1. The fraction of sp³-hybridized carbons (Fsp3) is 0.263. The first kappa shape index (κ1) is 15.4. The van der Waals surface area contributed by atoms with Crippen LogP contribution in [0.25, 0.3) is 11.1 Å². The molecule has 4 nitrogen and oxygen atoms in total. The summed E-state index contributed by atoms with van der Waals surface area (Å²) in [7, 11) is 0. The second-order valence-electron chi connectivity index (χ2n) is 7.19. The second-order valence-corrected chi connectivity index (χ2v) is 8.54. The summed E-state index contributed by atoms with van der Waals surface area (Å²) in [4.78, 5) is 17.1. The number of halogens is 2. The molecule has 1 N–H and O–H groups in total. The van der Waals surface area contributed by atoms with E-state index in [1.807, 2.05) is 36.4 Å². The van der Waals surface area contributed by atoms with Crippen molar-refractivity contribution in [2.75, 3.05) is 0 Å². The number of nitrogens with zero attached hydrogens (tertiary/aromatic N) is 1. The van der Waals surface area contributed by atoms with E-state index in [4.69, 9.17) is 16.0 Å². The molecule has 0 unspecified atom stereocenters. The van der Waals surface area contributed by atoms with Crippen molar-refractivity contribution >= 4 is 44.5 Å². The molecule has 1 heterocycles. The highest BCUT2D eigenvalue weighted by atomic mass is 79.9. The molecule has 6 heteroatoms. The van der Waals surface area contributed by atoms with Crippen molar-refractivity contribution in [2.24, 2.45) is 0 Å². The van der Waals surface area contributed by atoms with Gasteiger partial charge in [0, 0.05) is 20.6 Å². The lowest BCUT2D eigenvalue weighted by molar-refractivity contribution is -0.0955. The lowest BCUT2D eigenvalue weighted by Gasteiger charge is -2.68. The normalized spacial score (nSPS) is 26.8. The van der Waals surface area contributed by atoms with Crippen molar-refractivity contribution in [3.63, 3.8) is 0 Å². The number of amides is 1. The fourth-order valence-electron chi connectivity index (χ4n) is 4.22. The Morgan fingerprint density at radius 3 is 2.76 bits per heavy atom. The number of rotatable bonds is 3. The van der Waals surface area contributed by atoms with Gasteiger partial charge in [-0.2, -0.15) is 0 Å². The molecule has 0 atom stereocenters. The van der Waals surface area contributed by atoms with Crippen molar-refractivity contribution in [1.29, 1.82) is 0 Å². The summed E-state index contributed by atoms with van der Waals surface area (Å²) in [6, 6.07) is 12.9. The minimum Gasteiger partial charge on any atom is -0.440 e. The standard InChI is InChI=1S/C19H14BrClN2O2/c20-12-3-1-2-11(6-12)16(24)23-19-8-18(9-19,10-19)17-22-14-7-13(21)4-5-15(14)25-17/h1-7H,8-10H2,(H,23,24). The molecule has 126 valence electrons. The van der Waals surface area contributed by atoms with E-state index in [0.717, 1.165) is 40.7 Å². The van der Waals surface area contributed by atoms with Crippen LogP contribution in [0.2, 0.25) is 5.02 Å². The van der Waals surface area contributed by atoms with Crippen LogP contribution in [0.1, 0.15) is 35.5 Å². The average Bonchev–Trinajstić information content (AvgIpc) is 2.91. The monoisotopic (exact) mass is 416 g/mol. The molecule has 3 aliphatic rings. The van der Waals surface area contributed by atoms with Gasteiger partial charge in [0.1, 0.15) is 5.52 Å². The number of carbonyl (C=O) groups is 1. The lowest BCUT2D eigenvalue weighted by atomic mass is 9.39. The number of benzene rings is 2. The van der Waals surface area contributed by atoms with Crippen LogP contribution in [0.5, 0.6) is 0 Å². The Morgan fingerprint density at radius 1 is 1.20 bits per heavy atom. The molecule has 3 fully saturated rings. The van der Waals surface area contributed by atoms with Crippen LogP contribution in [0.3, 0.4) is 0 Å². The SMILES string of the molecule is O=C(NC12CC(c3nc4cc(Cl)ccc4o3)(C1)C2)c1cccc(Br)c1. The van der Waals surface area contributed by atoms with Gasteiger partial charge in [0.2, 0.25) is 5.89 Å². The van der Waals surface area contributed by atoms with Crippen LogP contribution >= 0.6 is 27.5 Å². The molecule has 0 spiro atoms. The van der Waals surface area contributed by atoms with Gasteiger partial charge >= 0.3 is 0 Å². The third kappa shape index (κ3) is 2.33. The Bertz CT molecular complexity index is 1010. The molecular formula is C19H14BrClN2O2. The van der Waals surface area contributed by atoms with E-state index in [-0.39, 0.29) is 16.9 Å². The van der Waals surface area contributed by atoms with Gasteiger partial charge in [0.25, 0.3) is 5.91 Å². The molecule has 0 saturated heterocycles. The highest BCUT2D eigenvalue weighted by molar-refractivity contribution is 9.10. The van der Waals surface area contributed by atoms with E-state index in [9.17, 15) is 4.79 Å². The summed E-state index contributed by atoms with van der Waals surface area (Å²) in [6.45, 7) is 0. The summed E-state index contributed by atoms with van der Waals surface area (Å²) >= 11 is 9.42. The van der Waals surface area contributed by atoms with Crippen molar-refractivity contribution in [1.82, 2.24) is 10.3 Å². The number of carbonyl (C=O) groups excluding carboxylic acids is 1. The quantitative estimate of drug-likeness (QED) is 0.663. The second kappa shape index (κ2) is 5.08. The van der Waals surface area contributed by atoms with E-state index >= 15 is 0 Å². The van der Waals surface area contributed by atoms with Crippen LogP contribution in [0.15, 0.2) is 51.4 Å². The number of aromatic nitrogens is 1. The van der Waals surface area contributed by atoms with E-state index in [2.05, 4.69) is 26.2 Å². The van der Waals surface area contributed by atoms with Crippen LogP contribution in [0.4, 0.5) is 0 Å². The van der Waals surface area contributed by atoms with E-state index in [0.29, 0.717) is 10.6 Å². The molecule has 2 bridgehead atoms. The van der Waals surface area contributed by atoms with Crippen molar-refractivity contribution in [2.45, 2.75) is 30.2 Å². The first-order valence-electron chi connectivity index (χ1n) is 8.12. The lowest BCUT2D eigenvalue weighted by Crippen LogP contribution is -2.76. The zero-order chi connectivity index (χ0) is 17.2. The first-order valence-corrected chi connectivity index (χ1v) is 9.29. The zero-order valence-corrected chi connectivity index (χ0v) is 15.5. The summed E-state index contributed by atoms with van der Waals surface area (Å²) < 4.78 is 6.83. The van der Waals surface area contributed by atoms with Crippen LogP contribution in [0, 0.1) is 0 Å². The highest BCUT2D eigenvalue weighted by Crippen LogP contribution is 2.67. The van der Waals surface area contributed by atoms with Crippen LogP contribution < -0.4 is 5.32 Å². The number of hydrogen-bond acceptors (Lipinski definition) is 3. The van der Waals surface area contributed by atoms with Gasteiger partial charge < -0.3 is 9.73 Å². The van der Waals surface area contributed by atoms with Gasteiger partial charge in [-0.3, -0.25) is 4.79 Å². The Morgan fingerprint density at radius 2 is 2.00 bits per heavy atom.